The quantitative estimate of drug-likeness (QED) is 0.132. The maximum absolute atomic E-state index is 13.0. The van der Waals surface area contributed by atoms with Crippen LogP contribution in [0.25, 0.3) is 21.5 Å². The van der Waals surface area contributed by atoms with E-state index in [1.807, 2.05) is 38.1 Å². The molecule has 9 heteroatoms. The Balaban J connectivity index is 1.76. The molecule has 0 aliphatic carbocycles. The summed E-state index contributed by atoms with van der Waals surface area (Å²) in [6.07, 6.45) is 0. The van der Waals surface area contributed by atoms with Crippen LogP contribution in [0.4, 0.5) is 5.69 Å². The maximum Gasteiger partial charge on any atom is 0.297 e. The highest BCUT2D eigenvalue weighted by atomic mass is 32.2. The lowest BCUT2D eigenvalue weighted by atomic mass is 10.0. The molecule has 0 bridgehead atoms. The summed E-state index contributed by atoms with van der Waals surface area (Å²) in [4.78, 5) is 10.3. The van der Waals surface area contributed by atoms with Gasteiger partial charge in [0, 0.05) is 33.7 Å². The number of hydrogen-bond acceptors (Lipinski definition) is 7. The number of fused-ring (bicyclic) bond motifs is 2. The van der Waals surface area contributed by atoms with Crippen LogP contribution in [0.5, 0.6) is 11.5 Å². The van der Waals surface area contributed by atoms with Crippen LogP contribution < -0.4 is 9.47 Å². The molecule has 0 saturated carbocycles. The fourth-order valence-corrected chi connectivity index (χ4v) is 4.69. The third-order valence-electron chi connectivity index (χ3n) is 5.29. The van der Waals surface area contributed by atoms with Crippen LogP contribution in [0.3, 0.4) is 0 Å². The molecular formula is C25H23NO7S. The highest BCUT2D eigenvalue weighted by Gasteiger charge is 2.21. The Morgan fingerprint density at radius 2 is 1.35 bits per heavy atom. The topological polar surface area (TPSA) is 105 Å². The Morgan fingerprint density at radius 1 is 0.794 bits per heavy atom. The van der Waals surface area contributed by atoms with Crippen LogP contribution in [-0.4, -0.2) is 26.6 Å². The first-order chi connectivity index (χ1) is 16.4. The van der Waals surface area contributed by atoms with E-state index < -0.39 is 15.0 Å². The lowest BCUT2D eigenvalue weighted by Gasteiger charge is -2.17. The number of nitro groups is 1. The number of nitro benzene ring substituents is 1. The number of nitrogens with zero attached hydrogens (tertiary/aromatic N) is 1. The third kappa shape index (κ3) is 4.52. The minimum atomic E-state index is -4.12. The highest BCUT2D eigenvalue weighted by Crippen LogP contribution is 2.43. The molecule has 34 heavy (non-hydrogen) atoms. The third-order valence-corrected chi connectivity index (χ3v) is 6.55. The SMILES string of the molecule is CCOc1c2ccccc2c(OCC)c2cc(S(=O)(=O)OCc3ccc([N+](=O)[O-])cc3)ccc12. The second-order valence-corrected chi connectivity index (χ2v) is 9.03. The Labute approximate surface area is 197 Å². The molecule has 4 aromatic rings. The van der Waals surface area contributed by atoms with E-state index in [0.29, 0.717) is 35.7 Å². The minimum absolute atomic E-state index is 0.0272. The Kier molecular flexibility index (Phi) is 6.67. The normalized spacial score (nSPS) is 11.6. The standard InChI is InChI=1S/C25H23NO7S/c1-3-31-24-20-7-5-6-8-21(20)25(32-4-2)23-15-19(13-14-22(23)24)34(29,30)33-16-17-9-11-18(12-10-17)26(27)28/h5-15H,3-4,16H2,1-2H3. The van der Waals surface area contributed by atoms with Crippen molar-refractivity contribution in [3.05, 3.63) is 82.4 Å². The molecule has 0 N–H and O–H groups in total. The molecule has 0 spiro atoms. The lowest BCUT2D eigenvalue weighted by Crippen LogP contribution is -2.07. The molecule has 176 valence electrons. The van der Waals surface area contributed by atoms with Crippen molar-refractivity contribution < 1.29 is 27.0 Å². The molecule has 0 radical (unpaired) electrons. The number of hydrogen-bond donors (Lipinski definition) is 0. The molecule has 4 aromatic carbocycles. The first-order valence-electron chi connectivity index (χ1n) is 10.7. The van der Waals surface area contributed by atoms with E-state index >= 15 is 0 Å². The fraction of sp³-hybridized carbons (Fsp3) is 0.200. The maximum atomic E-state index is 13.0. The van der Waals surface area contributed by atoms with Gasteiger partial charge in [0.05, 0.1) is 29.6 Å². The molecule has 0 saturated heterocycles. The first kappa shape index (κ1) is 23.5. The van der Waals surface area contributed by atoms with Crippen LogP contribution in [-0.2, 0) is 20.9 Å². The molecule has 0 atom stereocenters. The number of ether oxygens (including phenoxy) is 2. The Morgan fingerprint density at radius 3 is 1.91 bits per heavy atom. The second-order valence-electron chi connectivity index (χ2n) is 7.42. The molecule has 0 aromatic heterocycles. The van der Waals surface area contributed by atoms with Crippen molar-refractivity contribution in [3.63, 3.8) is 0 Å². The van der Waals surface area contributed by atoms with Crippen LogP contribution >= 0.6 is 0 Å². The molecule has 0 aliphatic rings. The van der Waals surface area contributed by atoms with Gasteiger partial charge in [-0.25, -0.2) is 0 Å². The van der Waals surface area contributed by atoms with E-state index in [-0.39, 0.29) is 17.2 Å². The highest BCUT2D eigenvalue weighted by molar-refractivity contribution is 7.86. The van der Waals surface area contributed by atoms with Gasteiger partial charge in [0.2, 0.25) is 0 Å². The molecule has 0 fully saturated rings. The summed E-state index contributed by atoms with van der Waals surface area (Å²) in [5, 5.41) is 13.8. The van der Waals surface area contributed by atoms with Gasteiger partial charge in [-0.3, -0.25) is 14.3 Å². The molecule has 0 heterocycles. The van der Waals surface area contributed by atoms with Crippen molar-refractivity contribution in [2.75, 3.05) is 13.2 Å². The Bertz CT molecular complexity index is 1460. The second kappa shape index (κ2) is 9.66. The molecule has 0 aliphatic heterocycles. The molecule has 4 rings (SSSR count). The van der Waals surface area contributed by atoms with E-state index in [9.17, 15) is 18.5 Å². The number of non-ortho nitro benzene ring substituents is 1. The van der Waals surface area contributed by atoms with Gasteiger partial charge in [-0.15, -0.1) is 0 Å². The van der Waals surface area contributed by atoms with E-state index in [0.717, 1.165) is 16.2 Å². The molecule has 0 unspecified atom stereocenters. The zero-order valence-corrected chi connectivity index (χ0v) is 19.5. The number of benzene rings is 4. The summed E-state index contributed by atoms with van der Waals surface area (Å²) in [6, 6.07) is 17.9. The van der Waals surface area contributed by atoms with Crippen molar-refractivity contribution in [3.8, 4) is 11.5 Å². The van der Waals surface area contributed by atoms with Gasteiger partial charge < -0.3 is 9.47 Å². The van der Waals surface area contributed by atoms with Crippen LogP contribution in [0.2, 0.25) is 0 Å². The summed E-state index contributed by atoms with van der Waals surface area (Å²) in [7, 11) is -4.12. The van der Waals surface area contributed by atoms with Gasteiger partial charge in [-0.1, -0.05) is 24.3 Å². The van der Waals surface area contributed by atoms with Crippen molar-refractivity contribution in [1.82, 2.24) is 0 Å². The molecular weight excluding hydrogens is 458 g/mol. The van der Waals surface area contributed by atoms with Gasteiger partial charge >= 0.3 is 0 Å². The smallest absolute Gasteiger partial charge is 0.297 e. The average molecular weight is 482 g/mol. The monoisotopic (exact) mass is 481 g/mol. The van der Waals surface area contributed by atoms with Gasteiger partial charge in [-0.05, 0) is 49.7 Å². The summed E-state index contributed by atoms with van der Waals surface area (Å²) in [5.74, 6) is 1.23. The average Bonchev–Trinajstić information content (AvgIpc) is 2.84. The van der Waals surface area contributed by atoms with E-state index in [1.165, 1.54) is 36.4 Å². The fourth-order valence-electron chi connectivity index (χ4n) is 3.76. The molecule has 8 nitrogen and oxygen atoms in total. The Hall–Kier alpha value is -3.69. The van der Waals surface area contributed by atoms with Gasteiger partial charge in [-0.2, -0.15) is 8.42 Å². The minimum Gasteiger partial charge on any atom is -0.493 e. The van der Waals surface area contributed by atoms with Crippen molar-refractivity contribution in [1.29, 1.82) is 0 Å². The number of rotatable bonds is 9. The van der Waals surface area contributed by atoms with Gasteiger partial charge in [0.25, 0.3) is 15.8 Å². The summed E-state index contributed by atoms with van der Waals surface area (Å²) >= 11 is 0. The zero-order valence-electron chi connectivity index (χ0n) is 18.7. The summed E-state index contributed by atoms with van der Waals surface area (Å²) < 4.78 is 43.1. The summed E-state index contributed by atoms with van der Waals surface area (Å²) in [5.41, 5.74) is 0.413. The summed E-state index contributed by atoms with van der Waals surface area (Å²) in [6.45, 7) is 4.36. The predicted octanol–water partition coefficient (Wildman–Crippen LogP) is 5.60. The van der Waals surface area contributed by atoms with Crippen molar-refractivity contribution in [2.45, 2.75) is 25.3 Å². The van der Waals surface area contributed by atoms with E-state index in [2.05, 4.69) is 0 Å². The predicted molar refractivity (Wildman–Crippen MR) is 129 cm³/mol. The van der Waals surface area contributed by atoms with Crippen LogP contribution in [0.1, 0.15) is 19.4 Å². The van der Waals surface area contributed by atoms with E-state index in [1.54, 1.807) is 6.07 Å². The van der Waals surface area contributed by atoms with Gasteiger partial charge in [0.15, 0.2) is 0 Å². The van der Waals surface area contributed by atoms with Crippen molar-refractivity contribution >= 4 is 37.4 Å². The molecule has 0 amide bonds. The van der Waals surface area contributed by atoms with Gasteiger partial charge in [0.1, 0.15) is 11.5 Å². The van der Waals surface area contributed by atoms with Crippen LogP contribution in [0.15, 0.2) is 71.6 Å². The zero-order chi connectivity index (χ0) is 24.3. The first-order valence-corrected chi connectivity index (χ1v) is 12.1. The van der Waals surface area contributed by atoms with Crippen LogP contribution in [0, 0.1) is 10.1 Å². The van der Waals surface area contributed by atoms with Crippen molar-refractivity contribution in [2.24, 2.45) is 0 Å². The lowest BCUT2D eigenvalue weighted by molar-refractivity contribution is -0.384. The van der Waals surface area contributed by atoms with E-state index in [4.69, 9.17) is 13.7 Å². The largest absolute Gasteiger partial charge is 0.493 e.